The summed E-state index contributed by atoms with van der Waals surface area (Å²) in [5.74, 6) is 0.754. The maximum atomic E-state index is 12.1. The first-order chi connectivity index (χ1) is 12.5. The van der Waals surface area contributed by atoms with Crippen LogP contribution < -0.4 is 5.32 Å². The summed E-state index contributed by atoms with van der Waals surface area (Å²) in [6, 6.07) is 14.3. The molecule has 1 aliphatic rings. The molecule has 2 aromatic rings. The van der Waals surface area contributed by atoms with Crippen molar-refractivity contribution in [2.45, 2.75) is 30.1 Å². The molecule has 0 spiro atoms. The number of anilines is 1. The number of carbonyl (C=O) groups excluding carboxylic acids is 2. The Morgan fingerprint density at radius 3 is 2.65 bits per heavy atom. The predicted molar refractivity (Wildman–Crippen MR) is 109 cm³/mol. The lowest BCUT2D eigenvalue weighted by Crippen LogP contribution is -2.27. The molecule has 1 aliphatic heterocycles. The van der Waals surface area contributed by atoms with E-state index < -0.39 is 0 Å². The monoisotopic (exact) mass is 386 g/mol. The highest BCUT2D eigenvalue weighted by Crippen LogP contribution is 2.31. The van der Waals surface area contributed by atoms with Crippen molar-refractivity contribution in [3.8, 4) is 0 Å². The summed E-state index contributed by atoms with van der Waals surface area (Å²) in [6.07, 6.45) is 0.325. The maximum Gasteiger partial charge on any atom is 0.281 e. The molecule has 2 aromatic carbocycles. The number of amides is 2. The zero-order valence-electron chi connectivity index (χ0n) is 15.0. The van der Waals surface area contributed by atoms with Crippen LogP contribution in [0.3, 0.4) is 0 Å². The van der Waals surface area contributed by atoms with Crippen molar-refractivity contribution in [1.29, 1.82) is 0 Å². The summed E-state index contributed by atoms with van der Waals surface area (Å²) >= 11 is 3.04. The molecule has 3 rings (SSSR count). The van der Waals surface area contributed by atoms with E-state index in [1.807, 2.05) is 24.3 Å². The van der Waals surface area contributed by atoms with Crippen LogP contribution in [0.1, 0.15) is 17.5 Å². The molecule has 0 radical (unpaired) electrons. The van der Waals surface area contributed by atoms with Crippen LogP contribution in [-0.4, -0.2) is 34.9 Å². The number of hydrogen-bond donors (Lipinski definition) is 1. The zero-order valence-corrected chi connectivity index (χ0v) is 16.6. The molecule has 0 aliphatic carbocycles. The number of aryl methyl sites for hydroxylation is 2. The minimum atomic E-state index is -0.0652. The summed E-state index contributed by atoms with van der Waals surface area (Å²) in [5, 5.41) is 2.97. The van der Waals surface area contributed by atoms with Crippen LogP contribution >= 0.6 is 23.5 Å². The van der Waals surface area contributed by atoms with Gasteiger partial charge in [-0.1, -0.05) is 35.7 Å². The van der Waals surface area contributed by atoms with Gasteiger partial charge in [-0.05, 0) is 55.3 Å². The summed E-state index contributed by atoms with van der Waals surface area (Å²) in [6.45, 7) is 5.43. The van der Waals surface area contributed by atoms with Crippen LogP contribution in [0.4, 0.5) is 10.5 Å². The molecule has 0 bridgehead atoms. The Balaban J connectivity index is 1.53. The van der Waals surface area contributed by atoms with Crippen molar-refractivity contribution in [2.75, 3.05) is 24.2 Å². The first kappa shape index (κ1) is 18.9. The SMILES string of the molecule is Cc1ccc(C)c(Sc2ccc(NC(=O)CCN3CCSC3=O)cc2)c1. The summed E-state index contributed by atoms with van der Waals surface area (Å²) in [7, 11) is 0. The first-order valence-corrected chi connectivity index (χ1v) is 10.4. The Kier molecular flexibility index (Phi) is 6.27. The molecule has 1 fully saturated rings. The Bertz CT molecular complexity index is 806. The number of thioether (sulfide) groups is 1. The van der Waals surface area contributed by atoms with Crippen LogP contribution in [0, 0.1) is 13.8 Å². The van der Waals surface area contributed by atoms with Gasteiger partial charge >= 0.3 is 0 Å². The molecule has 4 nitrogen and oxygen atoms in total. The Morgan fingerprint density at radius 2 is 1.96 bits per heavy atom. The summed E-state index contributed by atoms with van der Waals surface area (Å²) in [5.41, 5.74) is 3.28. The van der Waals surface area contributed by atoms with Gasteiger partial charge in [-0.15, -0.1) is 0 Å². The fourth-order valence-electron chi connectivity index (χ4n) is 2.64. The average molecular weight is 387 g/mol. The molecule has 1 saturated heterocycles. The van der Waals surface area contributed by atoms with E-state index in [4.69, 9.17) is 0 Å². The highest BCUT2D eigenvalue weighted by Gasteiger charge is 2.21. The number of benzene rings is 2. The van der Waals surface area contributed by atoms with Gasteiger partial charge in [0.1, 0.15) is 0 Å². The summed E-state index contributed by atoms with van der Waals surface area (Å²) in [4.78, 5) is 27.7. The zero-order chi connectivity index (χ0) is 18.5. The molecule has 26 heavy (non-hydrogen) atoms. The second-order valence-electron chi connectivity index (χ2n) is 6.29. The molecule has 0 atom stereocenters. The van der Waals surface area contributed by atoms with E-state index in [0.717, 1.165) is 22.9 Å². The number of nitrogens with zero attached hydrogens (tertiary/aromatic N) is 1. The van der Waals surface area contributed by atoms with Gasteiger partial charge in [0.05, 0.1) is 0 Å². The van der Waals surface area contributed by atoms with Gasteiger partial charge in [-0.2, -0.15) is 0 Å². The topological polar surface area (TPSA) is 49.4 Å². The van der Waals surface area contributed by atoms with Crippen molar-refractivity contribution in [3.63, 3.8) is 0 Å². The van der Waals surface area contributed by atoms with Gasteiger partial charge in [-0.3, -0.25) is 9.59 Å². The molecule has 136 valence electrons. The standard InChI is InChI=1S/C20H22N2O2S2/c1-14-3-4-15(2)18(13-14)26-17-7-5-16(6-8-17)21-19(23)9-10-22-11-12-25-20(22)24/h3-8,13H,9-12H2,1-2H3,(H,21,23). The fraction of sp³-hybridized carbons (Fsp3) is 0.300. The van der Waals surface area contributed by atoms with E-state index in [9.17, 15) is 9.59 Å². The number of carbonyl (C=O) groups is 2. The molecular formula is C20H22N2O2S2. The van der Waals surface area contributed by atoms with E-state index >= 15 is 0 Å². The van der Waals surface area contributed by atoms with Gasteiger partial charge in [0.25, 0.3) is 5.24 Å². The highest BCUT2D eigenvalue weighted by molar-refractivity contribution is 8.13. The first-order valence-electron chi connectivity index (χ1n) is 8.58. The minimum Gasteiger partial charge on any atom is -0.332 e. The molecule has 0 unspecified atom stereocenters. The smallest absolute Gasteiger partial charge is 0.281 e. The second-order valence-corrected chi connectivity index (χ2v) is 8.46. The molecule has 0 saturated carbocycles. The van der Waals surface area contributed by atoms with Crippen molar-refractivity contribution in [2.24, 2.45) is 0 Å². The van der Waals surface area contributed by atoms with Gasteiger partial charge in [0, 0.05) is 40.7 Å². The lowest BCUT2D eigenvalue weighted by molar-refractivity contribution is -0.116. The number of hydrogen-bond acceptors (Lipinski definition) is 4. The lowest BCUT2D eigenvalue weighted by Gasteiger charge is -2.14. The third-order valence-corrected chi connectivity index (χ3v) is 6.22. The highest BCUT2D eigenvalue weighted by atomic mass is 32.2. The van der Waals surface area contributed by atoms with Crippen molar-refractivity contribution >= 4 is 40.4 Å². The third kappa shape index (κ3) is 5.05. The Morgan fingerprint density at radius 1 is 1.19 bits per heavy atom. The van der Waals surface area contributed by atoms with Crippen LogP contribution in [0.25, 0.3) is 0 Å². The van der Waals surface area contributed by atoms with Crippen LogP contribution in [0.2, 0.25) is 0 Å². The van der Waals surface area contributed by atoms with E-state index in [1.54, 1.807) is 16.7 Å². The van der Waals surface area contributed by atoms with Crippen molar-refractivity contribution in [1.82, 2.24) is 4.90 Å². The van der Waals surface area contributed by atoms with Crippen LogP contribution in [-0.2, 0) is 4.79 Å². The number of nitrogens with one attached hydrogen (secondary N) is 1. The lowest BCUT2D eigenvalue weighted by atomic mass is 10.2. The van der Waals surface area contributed by atoms with E-state index in [2.05, 4.69) is 37.4 Å². The fourth-order valence-corrected chi connectivity index (χ4v) is 4.49. The normalized spacial score (nSPS) is 13.9. The van der Waals surface area contributed by atoms with E-state index in [-0.39, 0.29) is 11.1 Å². The second kappa shape index (κ2) is 8.64. The Labute approximate surface area is 162 Å². The van der Waals surface area contributed by atoms with Gasteiger partial charge in [0.2, 0.25) is 5.91 Å². The van der Waals surface area contributed by atoms with E-state index in [0.29, 0.717) is 13.0 Å². The number of rotatable bonds is 6. The molecule has 2 amide bonds. The van der Waals surface area contributed by atoms with Crippen LogP contribution in [0.15, 0.2) is 52.3 Å². The summed E-state index contributed by atoms with van der Waals surface area (Å²) < 4.78 is 0. The minimum absolute atomic E-state index is 0.0652. The average Bonchev–Trinajstić information content (AvgIpc) is 3.03. The molecule has 0 aromatic heterocycles. The third-order valence-electron chi connectivity index (χ3n) is 4.16. The van der Waals surface area contributed by atoms with Gasteiger partial charge < -0.3 is 10.2 Å². The largest absolute Gasteiger partial charge is 0.332 e. The maximum absolute atomic E-state index is 12.1. The predicted octanol–water partition coefficient (Wildman–Crippen LogP) is 4.95. The van der Waals surface area contributed by atoms with Gasteiger partial charge in [0.15, 0.2) is 0 Å². The van der Waals surface area contributed by atoms with Gasteiger partial charge in [-0.25, -0.2) is 0 Å². The Hall–Kier alpha value is -1.92. The van der Waals surface area contributed by atoms with E-state index in [1.165, 1.54) is 27.8 Å². The molecule has 1 heterocycles. The molecule has 6 heteroatoms. The van der Waals surface area contributed by atoms with Crippen molar-refractivity contribution < 1.29 is 9.59 Å². The quantitative estimate of drug-likeness (QED) is 0.763. The van der Waals surface area contributed by atoms with Crippen LogP contribution in [0.5, 0.6) is 0 Å². The molecular weight excluding hydrogens is 364 g/mol. The molecule has 1 N–H and O–H groups in total. The van der Waals surface area contributed by atoms with Crippen molar-refractivity contribution in [3.05, 3.63) is 53.6 Å².